The van der Waals surface area contributed by atoms with E-state index in [-0.39, 0.29) is 12.3 Å². The summed E-state index contributed by atoms with van der Waals surface area (Å²) in [4.78, 5) is 0. The lowest BCUT2D eigenvalue weighted by Gasteiger charge is -2.29. The zero-order chi connectivity index (χ0) is 13.2. The lowest BCUT2D eigenvalue weighted by atomic mass is 9.95. The summed E-state index contributed by atoms with van der Waals surface area (Å²) >= 11 is 0. The number of nitrogens with two attached hydrogens (primary N) is 1. The third-order valence-electron chi connectivity index (χ3n) is 3.34. The van der Waals surface area contributed by atoms with Crippen LogP contribution in [0.3, 0.4) is 0 Å². The number of hydrogen-bond acceptors (Lipinski definition) is 4. The summed E-state index contributed by atoms with van der Waals surface area (Å²) in [6, 6.07) is -0.0250. The molecule has 0 bridgehead atoms. The smallest absolute Gasteiger partial charge is 0.177 e. The van der Waals surface area contributed by atoms with Gasteiger partial charge in [0, 0.05) is 13.2 Å². The minimum Gasteiger partial charge on any atom is -0.351 e. The van der Waals surface area contributed by atoms with E-state index < -0.39 is 0 Å². The monoisotopic (exact) mass is 256 g/mol. The molecular weight excluding hydrogens is 228 g/mol. The second-order valence-electron chi connectivity index (χ2n) is 4.66. The van der Waals surface area contributed by atoms with Crippen LogP contribution >= 0.6 is 0 Å². The summed E-state index contributed by atoms with van der Waals surface area (Å²) in [5.74, 6) is 5.70. The van der Waals surface area contributed by atoms with E-state index in [4.69, 9.17) is 15.3 Å². The van der Waals surface area contributed by atoms with Gasteiger partial charge >= 0.3 is 0 Å². The first-order valence-corrected chi connectivity index (χ1v) is 7.21. The van der Waals surface area contributed by atoms with Crippen LogP contribution < -0.4 is 11.3 Å². The Labute approximate surface area is 111 Å². The van der Waals surface area contributed by atoms with Crippen LogP contribution in [0.2, 0.25) is 0 Å². The normalized spacial score (nSPS) is 19.2. The van der Waals surface area contributed by atoms with Gasteiger partial charge in [0.1, 0.15) is 0 Å². The molecule has 0 amide bonds. The van der Waals surface area contributed by atoms with Crippen LogP contribution in [0.15, 0.2) is 11.6 Å². The van der Waals surface area contributed by atoms with Crippen molar-refractivity contribution in [2.45, 2.75) is 64.7 Å². The second-order valence-corrected chi connectivity index (χ2v) is 4.66. The summed E-state index contributed by atoms with van der Waals surface area (Å²) in [5, 5.41) is 0. The lowest BCUT2D eigenvalue weighted by molar-refractivity contribution is -0.148. The van der Waals surface area contributed by atoms with E-state index in [0.717, 1.165) is 12.8 Å². The number of hydrazine groups is 1. The molecule has 3 N–H and O–H groups in total. The van der Waals surface area contributed by atoms with Gasteiger partial charge in [-0.15, -0.1) is 0 Å². The predicted octanol–water partition coefficient (Wildman–Crippen LogP) is 2.50. The number of ether oxygens (including phenoxy) is 2. The van der Waals surface area contributed by atoms with Crippen LogP contribution in [0, 0.1) is 0 Å². The molecule has 0 aromatic carbocycles. The number of hydrogen-bond donors (Lipinski definition) is 2. The van der Waals surface area contributed by atoms with Crippen molar-refractivity contribution in [3.63, 3.8) is 0 Å². The highest BCUT2D eigenvalue weighted by atomic mass is 16.7. The Bertz CT molecular complexity index is 238. The molecule has 0 spiro atoms. The minimum absolute atomic E-state index is 0.0250. The third-order valence-corrected chi connectivity index (χ3v) is 3.34. The molecule has 4 nitrogen and oxygen atoms in total. The van der Waals surface area contributed by atoms with Gasteiger partial charge in [-0.05, 0) is 39.5 Å². The minimum atomic E-state index is -0.282. The number of allylic oxidation sites excluding steroid dienone is 1. The van der Waals surface area contributed by atoms with Crippen molar-refractivity contribution in [3.05, 3.63) is 11.6 Å². The van der Waals surface area contributed by atoms with E-state index in [0.29, 0.717) is 13.2 Å². The van der Waals surface area contributed by atoms with E-state index in [9.17, 15) is 0 Å². The second kappa shape index (κ2) is 9.50. The van der Waals surface area contributed by atoms with Crippen LogP contribution in [-0.4, -0.2) is 25.5 Å². The van der Waals surface area contributed by atoms with Crippen LogP contribution in [0.1, 0.15) is 52.4 Å². The Morgan fingerprint density at radius 3 is 2.44 bits per heavy atom. The van der Waals surface area contributed by atoms with Crippen molar-refractivity contribution in [3.8, 4) is 0 Å². The molecule has 1 unspecified atom stereocenters. The van der Waals surface area contributed by atoms with Crippen molar-refractivity contribution in [2.75, 3.05) is 13.2 Å². The molecule has 0 heterocycles. The van der Waals surface area contributed by atoms with E-state index in [1.165, 1.54) is 31.3 Å². The Morgan fingerprint density at radius 1 is 1.17 bits per heavy atom. The highest BCUT2D eigenvalue weighted by Crippen LogP contribution is 2.22. The summed E-state index contributed by atoms with van der Waals surface area (Å²) in [6.45, 7) is 5.23. The first kappa shape index (κ1) is 15.6. The average Bonchev–Trinajstić information content (AvgIpc) is 2.32. The zero-order valence-electron chi connectivity index (χ0n) is 11.8. The molecule has 4 heteroatoms. The maximum atomic E-state index is 5.70. The van der Waals surface area contributed by atoms with Gasteiger partial charge in [-0.1, -0.05) is 24.5 Å². The van der Waals surface area contributed by atoms with Gasteiger partial charge < -0.3 is 9.47 Å². The quantitative estimate of drug-likeness (QED) is 0.318. The summed E-state index contributed by atoms with van der Waals surface area (Å²) < 4.78 is 11.3. The molecule has 0 radical (unpaired) electrons. The molecule has 0 aromatic heterocycles. The molecule has 1 aliphatic rings. The van der Waals surface area contributed by atoms with Gasteiger partial charge in [0.15, 0.2) is 6.29 Å². The van der Waals surface area contributed by atoms with Crippen molar-refractivity contribution in [1.82, 2.24) is 5.43 Å². The zero-order valence-corrected chi connectivity index (χ0v) is 11.8. The Morgan fingerprint density at radius 2 is 1.83 bits per heavy atom. The van der Waals surface area contributed by atoms with E-state index in [1.54, 1.807) is 0 Å². The molecule has 0 aliphatic heterocycles. The van der Waals surface area contributed by atoms with Gasteiger partial charge in [-0.2, -0.15) is 0 Å². The molecule has 0 saturated carbocycles. The van der Waals surface area contributed by atoms with Crippen LogP contribution in [0.25, 0.3) is 0 Å². The van der Waals surface area contributed by atoms with Gasteiger partial charge in [-0.25, -0.2) is 5.43 Å². The largest absolute Gasteiger partial charge is 0.351 e. The average molecular weight is 256 g/mol. The topological polar surface area (TPSA) is 56.5 Å². The maximum Gasteiger partial charge on any atom is 0.177 e. The van der Waals surface area contributed by atoms with Crippen LogP contribution in [-0.2, 0) is 9.47 Å². The molecule has 18 heavy (non-hydrogen) atoms. The van der Waals surface area contributed by atoms with Crippen molar-refractivity contribution in [2.24, 2.45) is 5.84 Å². The highest BCUT2D eigenvalue weighted by Gasteiger charge is 2.24. The van der Waals surface area contributed by atoms with Gasteiger partial charge in [-0.3, -0.25) is 5.84 Å². The van der Waals surface area contributed by atoms with Crippen LogP contribution in [0.5, 0.6) is 0 Å². The summed E-state index contributed by atoms with van der Waals surface area (Å²) in [7, 11) is 0. The molecule has 0 saturated heterocycles. The predicted molar refractivity (Wildman–Crippen MR) is 73.9 cm³/mol. The summed E-state index contributed by atoms with van der Waals surface area (Å²) in [5.41, 5.74) is 4.21. The van der Waals surface area contributed by atoms with E-state index >= 15 is 0 Å². The first-order chi connectivity index (χ1) is 8.83. The fourth-order valence-electron chi connectivity index (χ4n) is 2.43. The van der Waals surface area contributed by atoms with Gasteiger partial charge in [0.05, 0.1) is 6.04 Å². The molecule has 1 atom stereocenters. The fraction of sp³-hybridized carbons (Fsp3) is 0.857. The SMILES string of the molecule is CCOC(OCC)C(NN)C1=CCCCCCC1. The maximum absolute atomic E-state index is 5.70. The molecule has 1 rings (SSSR count). The Hall–Kier alpha value is -0.420. The van der Waals surface area contributed by atoms with E-state index in [2.05, 4.69) is 11.5 Å². The lowest BCUT2D eigenvalue weighted by Crippen LogP contribution is -2.48. The highest BCUT2D eigenvalue weighted by molar-refractivity contribution is 5.12. The Kier molecular flexibility index (Phi) is 8.25. The first-order valence-electron chi connectivity index (χ1n) is 7.21. The van der Waals surface area contributed by atoms with Gasteiger partial charge in [0.2, 0.25) is 0 Å². The van der Waals surface area contributed by atoms with Gasteiger partial charge in [0.25, 0.3) is 0 Å². The van der Waals surface area contributed by atoms with Crippen LogP contribution in [0.4, 0.5) is 0 Å². The molecular formula is C14H28N2O2. The molecule has 106 valence electrons. The Balaban J connectivity index is 2.70. The van der Waals surface area contributed by atoms with Crippen molar-refractivity contribution in [1.29, 1.82) is 0 Å². The molecule has 0 aromatic rings. The molecule has 1 aliphatic carbocycles. The standard InChI is InChI=1S/C14H28N2O2/c1-3-17-14(18-4-2)13(16-15)12-10-8-6-5-7-9-11-12/h10,13-14,16H,3-9,11,15H2,1-2H3. The number of rotatable bonds is 7. The number of nitrogens with one attached hydrogen (secondary N) is 1. The molecule has 0 fully saturated rings. The fourth-order valence-corrected chi connectivity index (χ4v) is 2.43. The van der Waals surface area contributed by atoms with Crippen molar-refractivity contribution < 1.29 is 9.47 Å². The third kappa shape index (κ3) is 5.06. The van der Waals surface area contributed by atoms with Crippen molar-refractivity contribution >= 4 is 0 Å². The summed E-state index contributed by atoms with van der Waals surface area (Å²) in [6.07, 6.45) is 9.41. The van der Waals surface area contributed by atoms with E-state index in [1.807, 2.05) is 13.8 Å².